The van der Waals surface area contributed by atoms with E-state index in [-0.39, 0.29) is 23.9 Å². The Hall–Kier alpha value is -2.40. The maximum Gasteiger partial charge on any atom is 0.299 e. The van der Waals surface area contributed by atoms with Crippen LogP contribution in [0.15, 0.2) is 17.1 Å². The Morgan fingerprint density at radius 1 is 1.40 bits per heavy atom. The number of aliphatic imine (C=N–C) groups is 1. The molecule has 1 aliphatic rings. The molecule has 0 unspecified atom stereocenters. The maximum absolute atomic E-state index is 10.6. The summed E-state index contributed by atoms with van der Waals surface area (Å²) in [5.74, 6) is 0.598. The van der Waals surface area contributed by atoms with Gasteiger partial charge in [0.15, 0.2) is 17.2 Å². The van der Waals surface area contributed by atoms with Crippen molar-refractivity contribution >= 4 is 17.5 Å². The van der Waals surface area contributed by atoms with Crippen molar-refractivity contribution in [3.05, 3.63) is 22.2 Å². The number of nitro groups is 1. The third kappa shape index (κ3) is 1.51. The number of hydrogen-bond acceptors (Lipinski definition) is 6. The minimum Gasteiger partial charge on any atom is -0.454 e. The molecule has 0 atom stereocenters. The van der Waals surface area contributed by atoms with E-state index in [0.717, 1.165) is 0 Å². The first-order chi connectivity index (χ1) is 7.22. The smallest absolute Gasteiger partial charge is 0.299 e. The van der Waals surface area contributed by atoms with Crippen molar-refractivity contribution < 1.29 is 19.2 Å². The molecular formula is C8H4N2O5. The molecule has 1 aromatic rings. The fourth-order valence-corrected chi connectivity index (χ4v) is 1.21. The van der Waals surface area contributed by atoms with Gasteiger partial charge < -0.3 is 9.47 Å². The molecule has 0 amide bonds. The average molecular weight is 208 g/mol. The SMILES string of the molecule is O=C=Nc1cc2c(cc1[N+](=O)[O-])OCO2. The molecule has 0 spiro atoms. The van der Waals surface area contributed by atoms with Crippen molar-refractivity contribution in [2.24, 2.45) is 4.99 Å². The molecule has 0 aliphatic carbocycles. The van der Waals surface area contributed by atoms with Crippen molar-refractivity contribution in [3.63, 3.8) is 0 Å². The molecule has 76 valence electrons. The predicted octanol–water partition coefficient (Wildman–Crippen LogP) is 1.29. The van der Waals surface area contributed by atoms with E-state index in [4.69, 9.17) is 9.47 Å². The first-order valence-electron chi connectivity index (χ1n) is 3.88. The molecule has 0 saturated heterocycles. The van der Waals surface area contributed by atoms with E-state index in [0.29, 0.717) is 5.75 Å². The van der Waals surface area contributed by atoms with E-state index in [2.05, 4.69) is 4.99 Å². The zero-order valence-corrected chi connectivity index (χ0v) is 7.30. The Bertz CT molecular complexity index is 449. The molecule has 0 radical (unpaired) electrons. The van der Waals surface area contributed by atoms with E-state index >= 15 is 0 Å². The van der Waals surface area contributed by atoms with Crippen LogP contribution in [0.3, 0.4) is 0 Å². The standard InChI is InChI=1S/C8H4N2O5/c11-3-9-5-1-7-8(15-4-14-7)2-6(5)10(12)13/h1-2H,4H2. The molecule has 2 rings (SSSR count). The Kier molecular flexibility index (Phi) is 2.07. The van der Waals surface area contributed by atoms with Crippen LogP contribution in [0.4, 0.5) is 11.4 Å². The summed E-state index contributed by atoms with van der Waals surface area (Å²) in [5, 5.41) is 10.6. The molecule has 0 bridgehead atoms. The van der Waals surface area contributed by atoms with Gasteiger partial charge in [-0.1, -0.05) is 0 Å². The van der Waals surface area contributed by atoms with Crippen LogP contribution < -0.4 is 9.47 Å². The molecule has 0 aromatic heterocycles. The Balaban J connectivity index is 2.61. The number of rotatable bonds is 2. The fraction of sp³-hybridized carbons (Fsp3) is 0.125. The van der Waals surface area contributed by atoms with Crippen molar-refractivity contribution in [3.8, 4) is 11.5 Å². The fourth-order valence-electron chi connectivity index (χ4n) is 1.21. The minimum absolute atomic E-state index is 0.000739. The van der Waals surface area contributed by atoms with E-state index in [9.17, 15) is 14.9 Å². The zero-order valence-electron chi connectivity index (χ0n) is 7.30. The van der Waals surface area contributed by atoms with Crippen LogP contribution in [0.5, 0.6) is 11.5 Å². The monoisotopic (exact) mass is 208 g/mol. The third-order valence-electron chi connectivity index (χ3n) is 1.83. The second kappa shape index (κ2) is 3.39. The highest BCUT2D eigenvalue weighted by molar-refractivity contribution is 5.68. The van der Waals surface area contributed by atoms with Crippen LogP contribution in [-0.2, 0) is 4.79 Å². The molecule has 0 saturated carbocycles. The highest BCUT2D eigenvalue weighted by Crippen LogP contribution is 2.41. The zero-order chi connectivity index (χ0) is 10.8. The third-order valence-corrected chi connectivity index (χ3v) is 1.83. The second-order valence-corrected chi connectivity index (χ2v) is 2.65. The van der Waals surface area contributed by atoms with Gasteiger partial charge in [-0.2, -0.15) is 4.99 Å². The molecule has 1 aliphatic heterocycles. The Labute approximate surface area is 83.1 Å². The normalized spacial score (nSPS) is 12.0. The van der Waals surface area contributed by atoms with Crippen LogP contribution in [0.25, 0.3) is 0 Å². The molecule has 15 heavy (non-hydrogen) atoms. The van der Waals surface area contributed by atoms with Gasteiger partial charge in [0.2, 0.25) is 12.9 Å². The lowest BCUT2D eigenvalue weighted by Crippen LogP contribution is -1.93. The second-order valence-electron chi connectivity index (χ2n) is 2.65. The topological polar surface area (TPSA) is 91.0 Å². The van der Waals surface area contributed by atoms with Crippen LogP contribution in [0.2, 0.25) is 0 Å². The molecule has 7 nitrogen and oxygen atoms in total. The maximum atomic E-state index is 10.6. The summed E-state index contributed by atoms with van der Waals surface area (Å²) in [4.78, 5) is 23.2. The minimum atomic E-state index is -0.655. The van der Waals surface area contributed by atoms with Crippen molar-refractivity contribution in [1.82, 2.24) is 0 Å². The Morgan fingerprint density at radius 3 is 2.67 bits per heavy atom. The number of nitrogens with zero attached hydrogens (tertiary/aromatic N) is 2. The van der Waals surface area contributed by atoms with E-state index in [1.807, 2.05) is 0 Å². The number of carbonyl (C=O) groups excluding carboxylic acids is 1. The van der Waals surface area contributed by atoms with Gasteiger partial charge in [-0.3, -0.25) is 10.1 Å². The summed E-state index contributed by atoms with van der Waals surface area (Å²) >= 11 is 0. The lowest BCUT2D eigenvalue weighted by molar-refractivity contribution is -0.384. The number of nitro benzene ring substituents is 1. The van der Waals surface area contributed by atoms with Gasteiger partial charge in [-0.25, -0.2) is 4.79 Å². The van der Waals surface area contributed by atoms with Gasteiger partial charge >= 0.3 is 0 Å². The molecule has 1 aromatic carbocycles. The predicted molar refractivity (Wildman–Crippen MR) is 47.0 cm³/mol. The highest BCUT2D eigenvalue weighted by Gasteiger charge is 2.23. The van der Waals surface area contributed by atoms with Crippen molar-refractivity contribution in [2.75, 3.05) is 6.79 Å². The summed E-state index contributed by atoms with van der Waals surface area (Å²) < 4.78 is 9.94. The number of ether oxygens (including phenoxy) is 2. The number of isocyanates is 1. The van der Waals surface area contributed by atoms with E-state index < -0.39 is 4.92 Å². The molecule has 1 heterocycles. The quantitative estimate of drug-likeness (QED) is 0.316. The Morgan fingerprint density at radius 2 is 2.07 bits per heavy atom. The largest absolute Gasteiger partial charge is 0.454 e. The van der Waals surface area contributed by atoms with Gasteiger partial charge in [-0.05, 0) is 0 Å². The van der Waals surface area contributed by atoms with E-state index in [1.165, 1.54) is 18.2 Å². The van der Waals surface area contributed by atoms with Gasteiger partial charge in [-0.15, -0.1) is 0 Å². The lowest BCUT2D eigenvalue weighted by atomic mass is 10.2. The molecule has 7 heteroatoms. The summed E-state index contributed by atoms with van der Waals surface area (Å²) in [5.41, 5.74) is -0.415. The molecule has 0 N–H and O–H groups in total. The van der Waals surface area contributed by atoms with Crippen LogP contribution in [0, 0.1) is 10.1 Å². The van der Waals surface area contributed by atoms with Gasteiger partial charge in [0.1, 0.15) is 0 Å². The summed E-state index contributed by atoms with van der Waals surface area (Å²) in [7, 11) is 0. The highest BCUT2D eigenvalue weighted by atomic mass is 16.7. The van der Waals surface area contributed by atoms with Crippen molar-refractivity contribution in [1.29, 1.82) is 0 Å². The van der Waals surface area contributed by atoms with Gasteiger partial charge in [0, 0.05) is 6.07 Å². The lowest BCUT2D eigenvalue weighted by Gasteiger charge is -1.98. The van der Waals surface area contributed by atoms with E-state index in [1.54, 1.807) is 0 Å². The van der Waals surface area contributed by atoms with Crippen LogP contribution >= 0.6 is 0 Å². The van der Waals surface area contributed by atoms with Gasteiger partial charge in [0.05, 0.1) is 11.0 Å². The summed E-state index contributed by atoms with van der Waals surface area (Å²) in [6.45, 7) is 0.000739. The molecule has 0 fully saturated rings. The summed E-state index contributed by atoms with van der Waals surface area (Å²) in [6.07, 6.45) is 1.24. The van der Waals surface area contributed by atoms with Crippen molar-refractivity contribution in [2.45, 2.75) is 0 Å². The van der Waals surface area contributed by atoms with Gasteiger partial charge in [0.25, 0.3) is 5.69 Å². The number of benzene rings is 1. The first kappa shape index (κ1) is 9.17. The number of hydrogen-bond donors (Lipinski definition) is 0. The summed E-state index contributed by atoms with van der Waals surface area (Å²) in [6, 6.07) is 2.43. The van der Waals surface area contributed by atoms with Crippen LogP contribution in [-0.4, -0.2) is 17.8 Å². The van der Waals surface area contributed by atoms with Crippen LogP contribution in [0.1, 0.15) is 0 Å². The average Bonchev–Trinajstić information content (AvgIpc) is 2.63. The first-order valence-corrected chi connectivity index (χ1v) is 3.88. The molecular weight excluding hydrogens is 204 g/mol. The number of fused-ring (bicyclic) bond motifs is 1.